The highest BCUT2D eigenvalue weighted by molar-refractivity contribution is 6.31. The van der Waals surface area contributed by atoms with Crippen LogP contribution in [0.15, 0.2) is 42.6 Å². The molecule has 1 aromatic heterocycles. The lowest BCUT2D eigenvalue weighted by Gasteiger charge is -2.26. The Balaban J connectivity index is 2.01. The van der Waals surface area contributed by atoms with Crippen LogP contribution in [0.25, 0.3) is 0 Å². The van der Waals surface area contributed by atoms with Gasteiger partial charge in [-0.05, 0) is 18.2 Å². The van der Waals surface area contributed by atoms with Crippen LogP contribution in [0.5, 0.6) is 0 Å². The summed E-state index contributed by atoms with van der Waals surface area (Å²) < 4.78 is 4.78. The van der Waals surface area contributed by atoms with Gasteiger partial charge in [0.25, 0.3) is 0 Å². The van der Waals surface area contributed by atoms with Gasteiger partial charge in [0.1, 0.15) is 12.7 Å². The highest BCUT2D eigenvalue weighted by Crippen LogP contribution is 2.41. The maximum absolute atomic E-state index is 11.7. The molecule has 0 radical (unpaired) electrons. The zero-order valence-corrected chi connectivity index (χ0v) is 12.2. The van der Waals surface area contributed by atoms with Crippen molar-refractivity contribution in [1.29, 1.82) is 0 Å². The number of ether oxygens (including phenoxy) is 1. The molecule has 1 N–H and O–H groups in total. The molecule has 1 aliphatic heterocycles. The lowest BCUT2D eigenvalue weighted by atomic mass is 10.1. The summed E-state index contributed by atoms with van der Waals surface area (Å²) in [6.45, 7) is 0.123. The molecule has 2 aromatic rings. The monoisotopic (exact) mass is 303 g/mol. The first kappa shape index (κ1) is 13.7. The van der Waals surface area contributed by atoms with E-state index in [0.717, 1.165) is 17.1 Å². The Morgan fingerprint density at radius 2 is 2.19 bits per heavy atom. The summed E-state index contributed by atoms with van der Waals surface area (Å²) >= 11 is 6.28. The lowest BCUT2D eigenvalue weighted by molar-refractivity contribution is -0.139. The van der Waals surface area contributed by atoms with Crippen LogP contribution in [0.1, 0.15) is 11.7 Å². The van der Waals surface area contributed by atoms with Crippen LogP contribution >= 0.6 is 11.6 Å². The number of carbonyl (C=O) groups excluding carboxylic acids is 1. The molecule has 0 fully saturated rings. The first-order valence-corrected chi connectivity index (χ1v) is 6.88. The van der Waals surface area contributed by atoms with E-state index in [0.29, 0.717) is 5.02 Å². The van der Waals surface area contributed by atoms with Crippen molar-refractivity contribution in [1.82, 2.24) is 4.98 Å². The quantitative estimate of drug-likeness (QED) is 0.884. The highest BCUT2D eigenvalue weighted by atomic mass is 35.5. The Hall–Kier alpha value is -2.27. The standard InChI is InChI=1S/C15H14ClN3O2/c1-21-13(20)9-19-12-7-4-8-17-14(12)18-15(19)10-5-2-3-6-11(10)16/h2-8,15H,9H2,1H3,(H,17,18). The fourth-order valence-corrected chi connectivity index (χ4v) is 2.65. The molecule has 0 spiro atoms. The van der Waals surface area contributed by atoms with Gasteiger partial charge in [-0.1, -0.05) is 29.8 Å². The summed E-state index contributed by atoms with van der Waals surface area (Å²) in [4.78, 5) is 17.9. The number of pyridine rings is 1. The van der Waals surface area contributed by atoms with Crippen molar-refractivity contribution in [3.05, 3.63) is 53.2 Å². The van der Waals surface area contributed by atoms with Crippen molar-refractivity contribution in [2.24, 2.45) is 0 Å². The summed E-state index contributed by atoms with van der Waals surface area (Å²) in [6, 6.07) is 11.3. The Morgan fingerprint density at radius 1 is 1.38 bits per heavy atom. The molecule has 21 heavy (non-hydrogen) atoms. The van der Waals surface area contributed by atoms with Gasteiger partial charge in [0.2, 0.25) is 0 Å². The number of nitrogens with zero attached hydrogens (tertiary/aromatic N) is 2. The molecule has 1 atom stereocenters. The number of benzene rings is 1. The van der Waals surface area contributed by atoms with Gasteiger partial charge in [0, 0.05) is 16.8 Å². The zero-order valence-electron chi connectivity index (χ0n) is 11.4. The van der Waals surface area contributed by atoms with Gasteiger partial charge in [0.15, 0.2) is 5.82 Å². The summed E-state index contributed by atoms with van der Waals surface area (Å²) in [5.41, 5.74) is 1.74. The predicted molar refractivity (Wildman–Crippen MR) is 81.4 cm³/mol. The Kier molecular flexibility index (Phi) is 3.66. The summed E-state index contributed by atoms with van der Waals surface area (Å²) in [6.07, 6.45) is 1.46. The second-order valence-electron chi connectivity index (χ2n) is 4.64. The summed E-state index contributed by atoms with van der Waals surface area (Å²) in [5.74, 6) is 0.414. The van der Waals surface area contributed by atoms with Gasteiger partial charge in [-0.2, -0.15) is 0 Å². The molecular weight excluding hydrogens is 290 g/mol. The van der Waals surface area contributed by atoms with E-state index in [9.17, 15) is 4.79 Å². The van der Waals surface area contributed by atoms with Crippen molar-refractivity contribution < 1.29 is 9.53 Å². The number of methoxy groups -OCH3 is 1. The van der Waals surface area contributed by atoms with Crippen LogP contribution in [0, 0.1) is 0 Å². The number of nitrogens with one attached hydrogen (secondary N) is 1. The third kappa shape index (κ3) is 2.52. The number of fused-ring (bicyclic) bond motifs is 1. The van der Waals surface area contributed by atoms with Crippen molar-refractivity contribution in [2.45, 2.75) is 6.17 Å². The number of hydrogen-bond acceptors (Lipinski definition) is 5. The van der Waals surface area contributed by atoms with Crippen molar-refractivity contribution >= 4 is 29.1 Å². The van der Waals surface area contributed by atoms with Crippen molar-refractivity contribution in [3.8, 4) is 0 Å². The molecule has 0 amide bonds. The normalized spacial score (nSPS) is 16.3. The van der Waals surface area contributed by atoms with E-state index in [4.69, 9.17) is 16.3 Å². The molecule has 2 heterocycles. The minimum absolute atomic E-state index is 0.123. The average molecular weight is 304 g/mol. The molecule has 1 unspecified atom stereocenters. The van der Waals surface area contributed by atoms with Gasteiger partial charge in [-0.3, -0.25) is 4.79 Å². The van der Waals surface area contributed by atoms with Crippen molar-refractivity contribution in [2.75, 3.05) is 23.9 Å². The van der Waals surface area contributed by atoms with Crippen LogP contribution in [-0.2, 0) is 9.53 Å². The number of hydrogen-bond donors (Lipinski definition) is 1. The Bertz CT molecular complexity index is 677. The Morgan fingerprint density at radius 3 is 2.95 bits per heavy atom. The largest absolute Gasteiger partial charge is 0.468 e. The number of carbonyl (C=O) groups is 1. The predicted octanol–water partition coefficient (Wildman–Crippen LogP) is 2.84. The second kappa shape index (κ2) is 5.61. The molecule has 1 aromatic carbocycles. The average Bonchev–Trinajstić information content (AvgIpc) is 2.86. The molecule has 0 aliphatic carbocycles. The molecule has 6 heteroatoms. The van der Waals surface area contributed by atoms with Crippen LogP contribution in [0.4, 0.5) is 11.5 Å². The number of anilines is 2. The summed E-state index contributed by atoms with van der Waals surface area (Å²) in [5, 5.41) is 3.93. The fraction of sp³-hybridized carbons (Fsp3) is 0.200. The van der Waals surface area contributed by atoms with E-state index in [-0.39, 0.29) is 18.7 Å². The van der Waals surface area contributed by atoms with E-state index < -0.39 is 0 Å². The van der Waals surface area contributed by atoms with Crippen LogP contribution in [-0.4, -0.2) is 24.6 Å². The van der Waals surface area contributed by atoms with Crippen molar-refractivity contribution in [3.63, 3.8) is 0 Å². The number of halogens is 1. The molecule has 0 saturated heterocycles. The first-order chi connectivity index (χ1) is 10.2. The summed E-state index contributed by atoms with van der Waals surface area (Å²) in [7, 11) is 1.38. The van der Waals surface area contributed by atoms with E-state index in [2.05, 4.69) is 10.3 Å². The minimum atomic E-state index is -0.314. The van der Waals surface area contributed by atoms with E-state index in [1.54, 1.807) is 6.20 Å². The van der Waals surface area contributed by atoms with E-state index >= 15 is 0 Å². The molecule has 0 saturated carbocycles. The molecule has 108 valence electrons. The van der Waals surface area contributed by atoms with Gasteiger partial charge in [-0.15, -0.1) is 0 Å². The van der Waals surface area contributed by atoms with E-state index in [1.165, 1.54) is 7.11 Å². The first-order valence-electron chi connectivity index (χ1n) is 6.50. The van der Waals surface area contributed by atoms with Crippen LogP contribution in [0.3, 0.4) is 0 Å². The zero-order chi connectivity index (χ0) is 14.8. The topological polar surface area (TPSA) is 54.5 Å². The number of rotatable bonds is 3. The lowest BCUT2D eigenvalue weighted by Crippen LogP contribution is -2.33. The maximum Gasteiger partial charge on any atom is 0.325 e. The van der Waals surface area contributed by atoms with Crippen LogP contribution < -0.4 is 10.2 Å². The van der Waals surface area contributed by atoms with Gasteiger partial charge >= 0.3 is 5.97 Å². The SMILES string of the molecule is COC(=O)CN1c2cccnc2NC1c1ccccc1Cl. The third-order valence-electron chi connectivity index (χ3n) is 3.41. The molecule has 0 bridgehead atoms. The highest BCUT2D eigenvalue weighted by Gasteiger charge is 2.33. The maximum atomic E-state index is 11.7. The molecule has 3 rings (SSSR count). The molecule has 5 nitrogen and oxygen atoms in total. The molecule has 1 aliphatic rings. The van der Waals surface area contributed by atoms with Gasteiger partial charge in [0.05, 0.1) is 12.8 Å². The number of aromatic nitrogens is 1. The van der Waals surface area contributed by atoms with Crippen LogP contribution in [0.2, 0.25) is 5.02 Å². The van der Waals surface area contributed by atoms with Gasteiger partial charge in [-0.25, -0.2) is 4.98 Å². The fourth-order valence-electron chi connectivity index (χ4n) is 2.41. The minimum Gasteiger partial charge on any atom is -0.468 e. The van der Waals surface area contributed by atoms with E-state index in [1.807, 2.05) is 41.3 Å². The molecular formula is C15H14ClN3O2. The second-order valence-corrected chi connectivity index (χ2v) is 5.05. The Labute approximate surface area is 127 Å². The number of esters is 1. The smallest absolute Gasteiger partial charge is 0.325 e. The third-order valence-corrected chi connectivity index (χ3v) is 3.75. The van der Waals surface area contributed by atoms with Gasteiger partial charge < -0.3 is 15.0 Å².